The monoisotopic (exact) mass is 538 g/mol. The smallest absolute Gasteiger partial charge is 0.379 e. The average Bonchev–Trinajstić information content (AvgIpc) is 2.86. The van der Waals surface area contributed by atoms with Crippen LogP contribution in [0.5, 0.6) is 0 Å². The molecular formula is C24H32F6N4O3. The van der Waals surface area contributed by atoms with Crippen LogP contribution in [-0.2, 0) is 21.9 Å². The van der Waals surface area contributed by atoms with Crippen LogP contribution in [0.1, 0.15) is 40.7 Å². The van der Waals surface area contributed by atoms with Gasteiger partial charge in [0.25, 0.3) is 5.91 Å². The highest BCUT2D eigenvalue weighted by Crippen LogP contribution is 2.36. The fourth-order valence-corrected chi connectivity index (χ4v) is 4.37. The van der Waals surface area contributed by atoms with E-state index in [4.69, 9.17) is 4.74 Å². The number of nitrogens with one attached hydrogen (secondary N) is 2. The maximum Gasteiger partial charge on any atom is 0.416 e. The van der Waals surface area contributed by atoms with Crippen molar-refractivity contribution in [1.82, 2.24) is 20.4 Å². The van der Waals surface area contributed by atoms with Gasteiger partial charge in [0.15, 0.2) is 0 Å². The first kappa shape index (κ1) is 29.2. The Morgan fingerprint density at radius 3 is 2.08 bits per heavy atom. The maximum atomic E-state index is 13.0. The highest BCUT2D eigenvalue weighted by Gasteiger charge is 2.37. The van der Waals surface area contributed by atoms with Gasteiger partial charge in [-0.2, -0.15) is 26.3 Å². The van der Waals surface area contributed by atoms with Crippen LogP contribution in [0.25, 0.3) is 0 Å². The Balaban J connectivity index is 1.39. The van der Waals surface area contributed by atoms with Crippen LogP contribution < -0.4 is 10.6 Å². The second-order valence-electron chi connectivity index (χ2n) is 9.31. The van der Waals surface area contributed by atoms with E-state index in [0.29, 0.717) is 38.1 Å². The van der Waals surface area contributed by atoms with Gasteiger partial charge in [-0.05, 0) is 56.5 Å². The number of piperidine rings is 1. The van der Waals surface area contributed by atoms with E-state index in [-0.39, 0.29) is 31.0 Å². The topological polar surface area (TPSA) is 73.9 Å². The largest absolute Gasteiger partial charge is 0.416 e. The molecule has 0 bridgehead atoms. The van der Waals surface area contributed by atoms with Crippen LogP contribution >= 0.6 is 0 Å². The van der Waals surface area contributed by atoms with Crippen LogP contribution in [0.4, 0.5) is 26.3 Å². The van der Waals surface area contributed by atoms with Crippen molar-refractivity contribution < 1.29 is 40.7 Å². The molecule has 37 heavy (non-hydrogen) atoms. The highest BCUT2D eigenvalue weighted by atomic mass is 19.4. The number of ether oxygens (including phenoxy) is 1. The standard InChI is InChI=1S/C24H32F6N4O3/c25-23(26,27)19-12-18(13-20(14-19)24(28,29)30)22(36)32-15-17-2-6-34(7-3-17)21(35)16-31-4-1-5-33-8-10-37-11-9-33/h12-14,17,31H,1-11,15-16H2,(H,32,36). The number of hydrogen-bond acceptors (Lipinski definition) is 5. The molecule has 2 saturated heterocycles. The molecule has 2 aliphatic rings. The first-order chi connectivity index (χ1) is 17.4. The molecule has 3 rings (SSSR count). The Kier molecular flexibility index (Phi) is 10.2. The molecule has 1 aromatic carbocycles. The van der Waals surface area contributed by atoms with Gasteiger partial charge >= 0.3 is 12.4 Å². The second kappa shape index (κ2) is 12.9. The van der Waals surface area contributed by atoms with Crippen LogP contribution in [0.3, 0.4) is 0 Å². The van der Waals surface area contributed by atoms with Crippen molar-refractivity contribution in [2.45, 2.75) is 31.6 Å². The summed E-state index contributed by atoms with van der Waals surface area (Å²) in [6, 6.07) is 0.822. The van der Waals surface area contributed by atoms with Gasteiger partial charge in [-0.3, -0.25) is 14.5 Å². The van der Waals surface area contributed by atoms with Crippen molar-refractivity contribution in [2.24, 2.45) is 5.92 Å². The Morgan fingerprint density at radius 1 is 0.919 bits per heavy atom. The second-order valence-corrected chi connectivity index (χ2v) is 9.31. The van der Waals surface area contributed by atoms with Crippen molar-refractivity contribution >= 4 is 11.8 Å². The number of morpholine rings is 1. The van der Waals surface area contributed by atoms with E-state index >= 15 is 0 Å². The van der Waals surface area contributed by atoms with E-state index in [2.05, 4.69) is 15.5 Å². The Morgan fingerprint density at radius 2 is 1.51 bits per heavy atom. The number of hydrogen-bond donors (Lipinski definition) is 2. The average molecular weight is 539 g/mol. The fraction of sp³-hybridized carbons (Fsp3) is 0.667. The predicted molar refractivity (Wildman–Crippen MR) is 123 cm³/mol. The summed E-state index contributed by atoms with van der Waals surface area (Å²) >= 11 is 0. The molecule has 2 N–H and O–H groups in total. The first-order valence-corrected chi connectivity index (χ1v) is 12.3. The SMILES string of the molecule is O=C(NCC1CCN(C(=O)CNCCCN2CCOCC2)CC1)c1cc(C(F)(F)F)cc(C(F)(F)F)c1. The molecule has 1 aromatic rings. The molecule has 2 heterocycles. The Hall–Kier alpha value is -2.38. The van der Waals surface area contributed by atoms with E-state index < -0.39 is 35.0 Å². The molecule has 2 fully saturated rings. The number of alkyl halides is 6. The summed E-state index contributed by atoms with van der Waals surface area (Å²) < 4.78 is 83.5. The number of benzene rings is 1. The highest BCUT2D eigenvalue weighted by molar-refractivity contribution is 5.94. The number of carbonyl (C=O) groups is 2. The Labute approximate surface area is 211 Å². The van der Waals surface area contributed by atoms with Gasteiger partial charge in [0, 0.05) is 38.3 Å². The van der Waals surface area contributed by atoms with Crippen molar-refractivity contribution in [3.63, 3.8) is 0 Å². The molecule has 0 saturated carbocycles. The quantitative estimate of drug-likeness (QED) is 0.374. The summed E-state index contributed by atoms with van der Waals surface area (Å²) in [6.45, 7) is 6.25. The zero-order valence-electron chi connectivity index (χ0n) is 20.4. The summed E-state index contributed by atoms with van der Waals surface area (Å²) in [5.74, 6) is -1.07. The van der Waals surface area contributed by atoms with Gasteiger partial charge in [0.1, 0.15) is 0 Å². The molecule has 0 atom stereocenters. The van der Waals surface area contributed by atoms with Gasteiger partial charge in [-0.1, -0.05) is 0 Å². The van der Waals surface area contributed by atoms with Crippen molar-refractivity contribution in [2.75, 3.05) is 65.6 Å². The van der Waals surface area contributed by atoms with Crippen LogP contribution in [0.2, 0.25) is 0 Å². The van der Waals surface area contributed by atoms with Crippen molar-refractivity contribution in [3.05, 3.63) is 34.9 Å². The number of carbonyl (C=O) groups excluding carboxylic acids is 2. The molecule has 0 radical (unpaired) electrons. The number of nitrogens with zero attached hydrogens (tertiary/aromatic N) is 2. The molecule has 0 aromatic heterocycles. The lowest BCUT2D eigenvalue weighted by molar-refractivity contribution is -0.143. The molecule has 0 unspecified atom stereocenters. The summed E-state index contributed by atoms with van der Waals surface area (Å²) in [6.07, 6.45) is -7.98. The summed E-state index contributed by atoms with van der Waals surface area (Å²) in [5, 5.41) is 5.60. The van der Waals surface area contributed by atoms with Gasteiger partial charge in [-0.25, -0.2) is 0 Å². The summed E-state index contributed by atoms with van der Waals surface area (Å²) in [5.41, 5.74) is -3.77. The van der Waals surface area contributed by atoms with Crippen molar-refractivity contribution in [1.29, 1.82) is 0 Å². The number of likely N-dealkylation sites (tertiary alicyclic amines) is 1. The van der Waals surface area contributed by atoms with Gasteiger partial charge in [-0.15, -0.1) is 0 Å². The minimum Gasteiger partial charge on any atom is -0.379 e. The third-order valence-corrected chi connectivity index (χ3v) is 6.58. The third-order valence-electron chi connectivity index (χ3n) is 6.58. The fourth-order valence-electron chi connectivity index (χ4n) is 4.37. The van der Waals surface area contributed by atoms with Crippen LogP contribution in [-0.4, -0.2) is 87.2 Å². The van der Waals surface area contributed by atoms with E-state index in [1.807, 2.05) is 0 Å². The van der Waals surface area contributed by atoms with E-state index in [1.165, 1.54) is 0 Å². The lowest BCUT2D eigenvalue weighted by Gasteiger charge is -2.32. The Bertz CT molecular complexity index is 878. The predicted octanol–water partition coefficient (Wildman–Crippen LogP) is 3.00. The zero-order valence-corrected chi connectivity index (χ0v) is 20.4. The number of halogens is 6. The summed E-state index contributed by atoms with van der Waals surface area (Å²) in [7, 11) is 0. The minimum atomic E-state index is -5.02. The van der Waals surface area contributed by atoms with Gasteiger partial charge < -0.3 is 20.3 Å². The summed E-state index contributed by atoms with van der Waals surface area (Å²) in [4.78, 5) is 28.8. The minimum absolute atomic E-state index is 0.0114. The molecule has 0 aliphatic carbocycles. The molecule has 7 nitrogen and oxygen atoms in total. The van der Waals surface area contributed by atoms with Gasteiger partial charge in [0.2, 0.25) is 5.91 Å². The molecular weight excluding hydrogens is 506 g/mol. The molecule has 2 amide bonds. The first-order valence-electron chi connectivity index (χ1n) is 12.3. The maximum absolute atomic E-state index is 13.0. The molecule has 208 valence electrons. The van der Waals surface area contributed by atoms with Crippen LogP contribution in [0, 0.1) is 5.92 Å². The lowest BCUT2D eigenvalue weighted by atomic mass is 9.96. The lowest BCUT2D eigenvalue weighted by Crippen LogP contribution is -2.45. The normalized spacial score (nSPS) is 18.2. The number of rotatable bonds is 9. The molecule has 0 spiro atoms. The zero-order chi connectivity index (χ0) is 27.1. The molecule has 13 heteroatoms. The number of amides is 2. The molecule has 2 aliphatic heterocycles. The third kappa shape index (κ3) is 9.15. The van der Waals surface area contributed by atoms with Crippen molar-refractivity contribution in [3.8, 4) is 0 Å². The van der Waals surface area contributed by atoms with Gasteiger partial charge in [0.05, 0.1) is 30.9 Å². The van der Waals surface area contributed by atoms with E-state index in [1.54, 1.807) is 4.90 Å². The van der Waals surface area contributed by atoms with Crippen LogP contribution in [0.15, 0.2) is 18.2 Å². The van der Waals surface area contributed by atoms with E-state index in [0.717, 1.165) is 45.8 Å². The van der Waals surface area contributed by atoms with E-state index in [9.17, 15) is 35.9 Å².